The van der Waals surface area contributed by atoms with Crippen LogP contribution in [0.2, 0.25) is 5.02 Å². The number of hydrogen-bond acceptors (Lipinski definition) is 5. The SMILES string of the molecule is CCCCCSc1nc2n(n1)[C@H](c1cccc(Cl)c1)C1=C(CCCC1=O)N2. The van der Waals surface area contributed by atoms with Gasteiger partial charge in [0.05, 0.1) is 0 Å². The van der Waals surface area contributed by atoms with Gasteiger partial charge in [-0.2, -0.15) is 4.98 Å². The predicted molar refractivity (Wildman–Crippen MR) is 109 cm³/mol. The largest absolute Gasteiger partial charge is 0.328 e. The van der Waals surface area contributed by atoms with Gasteiger partial charge in [-0.05, 0) is 37.0 Å². The first-order chi connectivity index (χ1) is 13.2. The minimum atomic E-state index is -0.264. The Balaban J connectivity index is 1.71. The lowest BCUT2D eigenvalue weighted by atomic mass is 9.85. The molecule has 4 rings (SSSR count). The molecule has 0 saturated heterocycles. The maximum Gasteiger partial charge on any atom is 0.227 e. The van der Waals surface area contributed by atoms with E-state index in [0.717, 1.165) is 47.0 Å². The normalized spacial score (nSPS) is 18.9. The number of thioether (sulfide) groups is 1. The number of halogens is 1. The van der Waals surface area contributed by atoms with E-state index in [0.29, 0.717) is 17.4 Å². The summed E-state index contributed by atoms with van der Waals surface area (Å²) in [4.78, 5) is 17.4. The molecule has 27 heavy (non-hydrogen) atoms. The summed E-state index contributed by atoms with van der Waals surface area (Å²) in [7, 11) is 0. The lowest BCUT2D eigenvalue weighted by Gasteiger charge is -2.32. The Bertz CT molecular complexity index is 892. The van der Waals surface area contributed by atoms with Crippen molar-refractivity contribution in [3.63, 3.8) is 0 Å². The third-order valence-corrected chi connectivity index (χ3v) is 6.15. The fourth-order valence-corrected chi connectivity index (χ4v) is 4.72. The van der Waals surface area contributed by atoms with Crippen molar-refractivity contribution in [3.05, 3.63) is 46.1 Å². The number of rotatable bonds is 6. The molecule has 1 aromatic heterocycles. The molecule has 2 aliphatic rings. The first-order valence-electron chi connectivity index (χ1n) is 9.55. The molecule has 5 nitrogen and oxygen atoms in total. The zero-order chi connectivity index (χ0) is 18.8. The summed E-state index contributed by atoms with van der Waals surface area (Å²) in [5.41, 5.74) is 2.77. The molecule has 1 N–H and O–H groups in total. The maximum atomic E-state index is 12.8. The van der Waals surface area contributed by atoms with E-state index in [4.69, 9.17) is 16.7 Å². The quantitative estimate of drug-likeness (QED) is 0.529. The highest BCUT2D eigenvalue weighted by atomic mass is 35.5. The Morgan fingerprint density at radius 2 is 2.22 bits per heavy atom. The zero-order valence-electron chi connectivity index (χ0n) is 15.4. The van der Waals surface area contributed by atoms with Gasteiger partial charge >= 0.3 is 0 Å². The number of fused-ring (bicyclic) bond motifs is 1. The molecule has 7 heteroatoms. The number of nitrogens with zero attached hydrogens (tertiary/aromatic N) is 3. The molecule has 1 aromatic carbocycles. The van der Waals surface area contributed by atoms with Gasteiger partial charge in [-0.1, -0.05) is 55.3 Å². The highest BCUT2D eigenvalue weighted by Gasteiger charge is 2.36. The van der Waals surface area contributed by atoms with Crippen LogP contribution >= 0.6 is 23.4 Å². The maximum absolute atomic E-state index is 12.8. The number of carbonyl (C=O) groups is 1. The van der Waals surface area contributed by atoms with Gasteiger partial charge in [-0.25, -0.2) is 4.68 Å². The van der Waals surface area contributed by atoms with Crippen molar-refractivity contribution in [2.75, 3.05) is 11.1 Å². The number of Topliss-reactive ketones (excluding diaryl/α,β-unsaturated/α-hetero) is 1. The van der Waals surface area contributed by atoms with E-state index in [1.54, 1.807) is 11.8 Å². The van der Waals surface area contributed by atoms with Crippen LogP contribution in [-0.4, -0.2) is 26.3 Å². The van der Waals surface area contributed by atoms with Crippen molar-refractivity contribution in [1.82, 2.24) is 14.8 Å². The van der Waals surface area contributed by atoms with Crippen LogP contribution in [-0.2, 0) is 4.79 Å². The Labute approximate surface area is 168 Å². The number of aromatic nitrogens is 3. The van der Waals surface area contributed by atoms with Gasteiger partial charge in [-0.15, -0.1) is 5.10 Å². The van der Waals surface area contributed by atoms with Crippen LogP contribution in [0.4, 0.5) is 5.95 Å². The predicted octanol–water partition coefficient (Wildman–Crippen LogP) is 5.24. The molecule has 1 aliphatic carbocycles. The molecule has 142 valence electrons. The molecule has 0 fully saturated rings. The van der Waals surface area contributed by atoms with Gasteiger partial charge < -0.3 is 5.32 Å². The van der Waals surface area contributed by atoms with E-state index in [-0.39, 0.29) is 11.8 Å². The Morgan fingerprint density at radius 1 is 1.33 bits per heavy atom. The van der Waals surface area contributed by atoms with E-state index in [9.17, 15) is 4.79 Å². The van der Waals surface area contributed by atoms with Crippen molar-refractivity contribution < 1.29 is 4.79 Å². The highest BCUT2D eigenvalue weighted by molar-refractivity contribution is 7.99. The van der Waals surface area contributed by atoms with Gasteiger partial charge in [0, 0.05) is 28.5 Å². The van der Waals surface area contributed by atoms with Crippen LogP contribution in [0.1, 0.15) is 57.1 Å². The molecule has 1 atom stereocenters. The smallest absolute Gasteiger partial charge is 0.227 e. The van der Waals surface area contributed by atoms with Crippen LogP contribution in [0.25, 0.3) is 0 Å². The number of allylic oxidation sites excluding steroid dienone is 2. The molecular weight excluding hydrogens is 380 g/mol. The van der Waals surface area contributed by atoms with Crippen LogP contribution in [0.3, 0.4) is 0 Å². The highest BCUT2D eigenvalue weighted by Crippen LogP contribution is 2.41. The number of hydrogen-bond donors (Lipinski definition) is 1. The van der Waals surface area contributed by atoms with Crippen molar-refractivity contribution >= 4 is 35.1 Å². The molecular formula is C20H23ClN4OS. The average Bonchev–Trinajstić information content (AvgIpc) is 3.06. The first-order valence-corrected chi connectivity index (χ1v) is 10.9. The van der Waals surface area contributed by atoms with Gasteiger partial charge in [0.25, 0.3) is 0 Å². The van der Waals surface area contributed by atoms with Gasteiger partial charge in [-0.3, -0.25) is 4.79 Å². The second-order valence-corrected chi connectivity index (χ2v) is 8.47. The molecule has 0 bridgehead atoms. The number of ketones is 1. The lowest BCUT2D eigenvalue weighted by molar-refractivity contribution is -0.116. The lowest BCUT2D eigenvalue weighted by Crippen LogP contribution is -2.31. The summed E-state index contributed by atoms with van der Waals surface area (Å²) in [6.45, 7) is 2.20. The van der Waals surface area contributed by atoms with Crippen LogP contribution in [0.5, 0.6) is 0 Å². The molecule has 2 aromatic rings. The van der Waals surface area contributed by atoms with E-state index < -0.39 is 0 Å². The van der Waals surface area contributed by atoms with Crippen molar-refractivity contribution in [3.8, 4) is 0 Å². The van der Waals surface area contributed by atoms with Crippen molar-refractivity contribution in [1.29, 1.82) is 0 Å². The van der Waals surface area contributed by atoms with Crippen molar-refractivity contribution in [2.45, 2.75) is 56.6 Å². The minimum absolute atomic E-state index is 0.187. The molecule has 1 aliphatic heterocycles. The summed E-state index contributed by atoms with van der Waals surface area (Å²) >= 11 is 7.92. The second kappa shape index (κ2) is 8.07. The summed E-state index contributed by atoms with van der Waals surface area (Å²) in [6, 6.07) is 7.43. The summed E-state index contributed by atoms with van der Waals surface area (Å²) in [5, 5.41) is 9.52. The van der Waals surface area contributed by atoms with Gasteiger partial charge in [0.1, 0.15) is 6.04 Å². The number of anilines is 1. The van der Waals surface area contributed by atoms with E-state index in [2.05, 4.69) is 17.2 Å². The van der Waals surface area contributed by atoms with Crippen LogP contribution in [0.15, 0.2) is 40.7 Å². The summed E-state index contributed by atoms with van der Waals surface area (Å²) < 4.78 is 1.86. The number of benzene rings is 1. The van der Waals surface area contributed by atoms with Gasteiger partial charge in [0.15, 0.2) is 5.78 Å². The van der Waals surface area contributed by atoms with E-state index in [1.807, 2.05) is 28.9 Å². The third-order valence-electron chi connectivity index (χ3n) is 4.99. The molecule has 2 heterocycles. The van der Waals surface area contributed by atoms with E-state index >= 15 is 0 Å². The summed E-state index contributed by atoms with van der Waals surface area (Å²) in [6.07, 6.45) is 5.90. The monoisotopic (exact) mass is 402 g/mol. The van der Waals surface area contributed by atoms with E-state index in [1.165, 1.54) is 12.8 Å². The fraction of sp³-hybridized carbons (Fsp3) is 0.450. The Morgan fingerprint density at radius 3 is 3.04 bits per heavy atom. The molecule has 0 amide bonds. The number of nitrogens with one attached hydrogen (secondary N) is 1. The number of unbranched alkanes of at least 4 members (excludes halogenated alkanes) is 2. The first kappa shape index (κ1) is 18.6. The van der Waals surface area contributed by atoms with Gasteiger partial charge in [0.2, 0.25) is 11.1 Å². The van der Waals surface area contributed by atoms with Crippen LogP contribution in [0, 0.1) is 0 Å². The molecule has 0 radical (unpaired) electrons. The Kier molecular flexibility index (Phi) is 5.55. The van der Waals surface area contributed by atoms with Crippen LogP contribution < -0.4 is 5.32 Å². The Hall–Kier alpha value is -1.79. The number of carbonyl (C=O) groups excluding carboxylic acids is 1. The topological polar surface area (TPSA) is 59.8 Å². The molecule has 0 saturated carbocycles. The molecule has 0 unspecified atom stereocenters. The standard InChI is InChI=1S/C20H23ClN4OS/c1-2-3-4-11-27-20-23-19-22-15-9-6-10-16(26)17(15)18(25(19)24-20)13-7-5-8-14(21)12-13/h5,7-8,12,18H,2-4,6,9-11H2,1H3,(H,22,23,24)/t18-/m1/s1. The second-order valence-electron chi connectivity index (χ2n) is 6.97. The third kappa shape index (κ3) is 3.78. The average molecular weight is 403 g/mol. The fourth-order valence-electron chi connectivity index (χ4n) is 3.70. The van der Waals surface area contributed by atoms with Crippen molar-refractivity contribution in [2.24, 2.45) is 0 Å². The summed E-state index contributed by atoms with van der Waals surface area (Å²) in [5.74, 6) is 1.91. The molecule has 0 spiro atoms. The minimum Gasteiger partial charge on any atom is -0.328 e. The zero-order valence-corrected chi connectivity index (χ0v) is 16.9.